The third-order valence-electron chi connectivity index (χ3n) is 6.26. The first-order valence-electron chi connectivity index (χ1n) is 13.1. The number of carboxylic acid groups (broad SMARTS) is 2. The summed E-state index contributed by atoms with van der Waals surface area (Å²) in [7, 11) is 0. The maximum atomic E-state index is 12.7. The van der Waals surface area contributed by atoms with E-state index in [1.54, 1.807) is 24.3 Å². The van der Waals surface area contributed by atoms with Crippen molar-refractivity contribution in [3.05, 3.63) is 53.6 Å². The van der Waals surface area contributed by atoms with Crippen molar-refractivity contribution < 1.29 is 44.1 Å². The second-order valence-corrected chi connectivity index (χ2v) is 9.65. The van der Waals surface area contributed by atoms with Crippen LogP contribution < -0.4 is 27.0 Å². The van der Waals surface area contributed by atoms with E-state index in [0.29, 0.717) is 16.8 Å². The molecule has 2 aromatic carbocycles. The van der Waals surface area contributed by atoms with Crippen LogP contribution in [-0.4, -0.2) is 82.1 Å². The normalized spacial score (nSPS) is 20.6. The Labute approximate surface area is 244 Å². The molecule has 2 heterocycles. The van der Waals surface area contributed by atoms with E-state index in [9.17, 15) is 39.0 Å². The number of benzene rings is 2. The van der Waals surface area contributed by atoms with Gasteiger partial charge in [-0.15, -0.1) is 5.11 Å². The molecule has 228 valence electrons. The molecule has 0 radical (unpaired) electrons. The third-order valence-corrected chi connectivity index (χ3v) is 6.26. The molecule has 0 saturated carbocycles. The molecular formula is C27H31N7O9. The molecule has 0 aliphatic carbocycles. The minimum atomic E-state index is -1.42. The highest BCUT2D eigenvalue weighted by Gasteiger charge is 2.25. The highest BCUT2D eigenvalue weighted by molar-refractivity contribution is 5.93. The van der Waals surface area contributed by atoms with Gasteiger partial charge in [-0.1, -0.05) is 18.2 Å². The van der Waals surface area contributed by atoms with Gasteiger partial charge in [-0.25, -0.2) is 4.79 Å². The Balaban J connectivity index is 1.87. The van der Waals surface area contributed by atoms with E-state index in [0.717, 1.165) is 0 Å². The van der Waals surface area contributed by atoms with E-state index in [2.05, 4.69) is 31.5 Å². The fourth-order valence-electron chi connectivity index (χ4n) is 3.99. The van der Waals surface area contributed by atoms with Crippen molar-refractivity contribution >= 4 is 46.9 Å². The molecule has 0 aromatic heterocycles. The molecule has 2 aromatic rings. The van der Waals surface area contributed by atoms with Crippen LogP contribution in [0.5, 0.6) is 5.75 Å². The van der Waals surface area contributed by atoms with Crippen LogP contribution in [0.4, 0.5) is 11.4 Å². The number of amides is 4. The molecule has 4 amide bonds. The molecule has 0 saturated heterocycles. The summed E-state index contributed by atoms with van der Waals surface area (Å²) in [4.78, 5) is 73.0. The fourth-order valence-corrected chi connectivity index (χ4v) is 3.99. The maximum Gasteiger partial charge on any atom is 0.326 e. The average Bonchev–Trinajstić information content (AvgIpc) is 2.96. The largest absolute Gasteiger partial charge is 0.506 e. The zero-order chi connectivity index (χ0) is 31.5. The number of nitrogens with one attached hydrogen (secondary N) is 4. The number of azo groups is 1. The van der Waals surface area contributed by atoms with Crippen LogP contribution in [0.15, 0.2) is 52.7 Å². The van der Waals surface area contributed by atoms with Crippen molar-refractivity contribution in [2.75, 3.05) is 13.1 Å². The van der Waals surface area contributed by atoms with Crippen LogP contribution in [0.2, 0.25) is 0 Å². The molecule has 4 bridgehead atoms. The van der Waals surface area contributed by atoms with Crippen molar-refractivity contribution in [3.8, 4) is 5.75 Å². The molecule has 9 N–H and O–H groups in total. The zero-order valence-corrected chi connectivity index (χ0v) is 22.8. The van der Waals surface area contributed by atoms with Crippen LogP contribution in [0.3, 0.4) is 0 Å². The lowest BCUT2D eigenvalue weighted by molar-refractivity contribution is -0.141. The van der Waals surface area contributed by atoms with E-state index in [1.165, 1.54) is 18.2 Å². The predicted octanol–water partition coefficient (Wildman–Crippen LogP) is -0.615. The summed E-state index contributed by atoms with van der Waals surface area (Å²) in [6.07, 6.45) is -0.897. The molecule has 4 rings (SSSR count). The van der Waals surface area contributed by atoms with Gasteiger partial charge in [0.25, 0.3) is 0 Å². The summed E-state index contributed by atoms with van der Waals surface area (Å²) < 4.78 is 0. The first-order chi connectivity index (χ1) is 20.4. The Kier molecular flexibility index (Phi) is 11.2. The second kappa shape index (κ2) is 15.0. The number of phenolic OH excluding ortho intramolecular Hbond substituents is 1. The molecule has 2 aliphatic heterocycles. The summed E-state index contributed by atoms with van der Waals surface area (Å²) >= 11 is 0. The fraction of sp³-hybridized carbons (Fsp3) is 0.333. The van der Waals surface area contributed by atoms with Gasteiger partial charge in [-0.3, -0.25) is 24.0 Å². The van der Waals surface area contributed by atoms with Crippen molar-refractivity contribution in [2.24, 2.45) is 16.0 Å². The number of rotatable bonds is 4. The zero-order valence-electron chi connectivity index (χ0n) is 22.8. The van der Waals surface area contributed by atoms with Gasteiger partial charge in [0.05, 0.1) is 24.8 Å². The Morgan fingerprint density at radius 3 is 2.12 bits per heavy atom. The Morgan fingerprint density at radius 2 is 1.47 bits per heavy atom. The van der Waals surface area contributed by atoms with Crippen molar-refractivity contribution in [2.45, 2.75) is 43.8 Å². The standard InChI is InChI=1S/C27H31N7O9/c28-17-9-14-1-4-16(5-2-14)33-34-19-10-15(3-7-21(19)35)11-20(27(42)43)32-23(37)13-30-26(41)18(6-8-24(38)39)31-22(36)12-29-25(17)40/h1-5,7,10,17-18,20,35H,6,8-9,11-13,28H2,(H,29,40)(H,30,41)(H,31,36)(H,32,37)(H,38,39)(H,42,43). The number of phenols is 1. The quantitative estimate of drug-likeness (QED) is 0.207. The molecule has 3 unspecified atom stereocenters. The van der Waals surface area contributed by atoms with E-state index in [-0.39, 0.29) is 30.7 Å². The maximum absolute atomic E-state index is 12.7. The minimum Gasteiger partial charge on any atom is -0.506 e. The molecule has 0 fully saturated rings. The van der Waals surface area contributed by atoms with Crippen molar-refractivity contribution in [1.29, 1.82) is 0 Å². The molecule has 2 aliphatic rings. The van der Waals surface area contributed by atoms with Gasteiger partial charge < -0.3 is 42.3 Å². The highest BCUT2D eigenvalue weighted by atomic mass is 16.4. The molecule has 3 atom stereocenters. The number of hydrogen-bond donors (Lipinski definition) is 8. The summed E-state index contributed by atoms with van der Waals surface area (Å²) in [6.45, 7) is -1.24. The van der Waals surface area contributed by atoms with Crippen molar-refractivity contribution in [3.63, 3.8) is 0 Å². The SMILES string of the molecule is NC1Cc2ccc(cc2)N=Nc2cc(ccc2O)CC(C(=O)O)NC(=O)CNC(=O)C(CCC(=O)O)NC(=O)CNC1=O. The van der Waals surface area contributed by atoms with Gasteiger partial charge in [0.1, 0.15) is 23.5 Å². The number of aliphatic carboxylic acids is 2. The smallest absolute Gasteiger partial charge is 0.326 e. The molecular weight excluding hydrogens is 566 g/mol. The lowest BCUT2D eigenvalue weighted by Gasteiger charge is -2.19. The van der Waals surface area contributed by atoms with Crippen LogP contribution in [-0.2, 0) is 41.6 Å². The van der Waals surface area contributed by atoms with Gasteiger partial charge in [0.15, 0.2) is 0 Å². The van der Waals surface area contributed by atoms with Gasteiger partial charge in [0.2, 0.25) is 23.6 Å². The van der Waals surface area contributed by atoms with Crippen LogP contribution in [0.1, 0.15) is 24.0 Å². The van der Waals surface area contributed by atoms with Gasteiger partial charge in [-0.05, 0) is 48.2 Å². The first-order valence-corrected chi connectivity index (χ1v) is 13.1. The lowest BCUT2D eigenvalue weighted by atomic mass is 10.0. The minimum absolute atomic E-state index is 0.0481. The van der Waals surface area contributed by atoms with Crippen LogP contribution >= 0.6 is 0 Å². The summed E-state index contributed by atoms with van der Waals surface area (Å²) in [5, 5.41) is 46.2. The number of carbonyl (C=O) groups excluding carboxylic acids is 4. The summed E-state index contributed by atoms with van der Waals surface area (Å²) in [6, 6.07) is 6.88. The number of carbonyl (C=O) groups is 6. The Hall–Kier alpha value is -5.38. The Morgan fingerprint density at radius 1 is 0.837 bits per heavy atom. The summed E-state index contributed by atoms with van der Waals surface area (Å²) in [5.74, 6) is -6.05. The number of hydrogen-bond acceptors (Lipinski definition) is 10. The predicted molar refractivity (Wildman–Crippen MR) is 148 cm³/mol. The number of nitrogens with zero attached hydrogens (tertiary/aromatic N) is 2. The van der Waals surface area contributed by atoms with Crippen LogP contribution in [0, 0.1) is 0 Å². The van der Waals surface area contributed by atoms with Gasteiger partial charge in [0, 0.05) is 12.8 Å². The van der Waals surface area contributed by atoms with Crippen LogP contribution in [0.25, 0.3) is 0 Å². The molecule has 0 spiro atoms. The first kappa shape index (κ1) is 32.1. The monoisotopic (exact) mass is 597 g/mol. The number of aromatic hydroxyl groups is 1. The lowest BCUT2D eigenvalue weighted by Crippen LogP contribution is -2.53. The number of carboxylic acids is 2. The molecule has 43 heavy (non-hydrogen) atoms. The van der Waals surface area contributed by atoms with E-state index >= 15 is 0 Å². The second-order valence-electron chi connectivity index (χ2n) is 9.65. The van der Waals surface area contributed by atoms with Gasteiger partial charge in [-0.2, -0.15) is 5.11 Å². The number of nitrogens with two attached hydrogens (primary N) is 1. The highest BCUT2D eigenvalue weighted by Crippen LogP contribution is 2.29. The van der Waals surface area contributed by atoms with E-state index < -0.39 is 73.2 Å². The van der Waals surface area contributed by atoms with E-state index in [4.69, 9.17) is 10.8 Å². The molecule has 16 heteroatoms. The van der Waals surface area contributed by atoms with E-state index in [1.807, 2.05) is 0 Å². The average molecular weight is 598 g/mol. The summed E-state index contributed by atoms with van der Waals surface area (Å²) in [5.41, 5.74) is 7.50. The molecule has 16 nitrogen and oxygen atoms in total. The van der Waals surface area contributed by atoms with Crippen molar-refractivity contribution in [1.82, 2.24) is 21.3 Å². The third kappa shape index (κ3) is 10.2. The van der Waals surface area contributed by atoms with Gasteiger partial charge >= 0.3 is 11.9 Å². The Bertz CT molecular complexity index is 1410. The topological polar surface area (TPSA) is 262 Å². The number of fused-ring (bicyclic) bond motifs is 16.